The van der Waals surface area contributed by atoms with Crippen LogP contribution in [0.4, 0.5) is 10.2 Å². The Morgan fingerprint density at radius 2 is 1.91 bits per heavy atom. The molecule has 3 saturated heterocycles. The van der Waals surface area contributed by atoms with Gasteiger partial charge in [-0.15, -0.1) is 0 Å². The number of phosphoric acid groups is 1. The van der Waals surface area contributed by atoms with Gasteiger partial charge in [-0.3, -0.25) is 27.9 Å². The van der Waals surface area contributed by atoms with Gasteiger partial charge in [-0.2, -0.15) is 0 Å². The summed E-state index contributed by atoms with van der Waals surface area (Å²) >= 11 is 5.22. The number of nitrogens with one attached hydrogen (secondary N) is 2. The zero-order valence-electron chi connectivity index (χ0n) is 22.2. The van der Waals surface area contributed by atoms with Crippen LogP contribution in [0.25, 0.3) is 11.0 Å². The molecule has 0 amide bonds. The van der Waals surface area contributed by atoms with Crippen molar-refractivity contribution in [2.24, 2.45) is 10.7 Å². The zero-order chi connectivity index (χ0) is 31.0. The molecule has 238 valence electrons. The Morgan fingerprint density at radius 3 is 2.73 bits per heavy atom. The number of hydrogen-bond acceptors (Lipinski definition) is 15. The van der Waals surface area contributed by atoms with E-state index in [1.165, 1.54) is 12.7 Å². The minimum Gasteiger partial charge on any atom is -0.387 e. The van der Waals surface area contributed by atoms with Crippen molar-refractivity contribution in [2.75, 3.05) is 18.5 Å². The van der Waals surface area contributed by atoms with Gasteiger partial charge in [-0.25, -0.2) is 18.9 Å². The minimum atomic E-state index is -4.84. The van der Waals surface area contributed by atoms with E-state index in [0.29, 0.717) is 11.5 Å². The molecule has 0 radical (unpaired) electrons. The van der Waals surface area contributed by atoms with Crippen molar-refractivity contribution in [3.05, 3.63) is 40.7 Å². The van der Waals surface area contributed by atoms with Crippen molar-refractivity contribution in [3.8, 4) is 0 Å². The Kier molecular flexibility index (Phi) is 7.61. The fourth-order valence-corrected chi connectivity index (χ4v) is 7.87. The molecule has 4 aliphatic heterocycles. The molecule has 23 heteroatoms. The van der Waals surface area contributed by atoms with Crippen LogP contribution in [0.3, 0.4) is 0 Å². The molecule has 0 saturated carbocycles. The highest BCUT2D eigenvalue weighted by molar-refractivity contribution is 8.07. The second-order valence-electron chi connectivity index (χ2n) is 10.2. The standard InChI is InChI=1S/C21H25FN8O11P2S/c22-8-2-29(18-13(8)20(32)27-6-25-18)21-16-15(31)11(39-21)4-36-42(33,34)40-9-1-12(38-10(9)3-37-43(35,44)41-16)30-7-28-14-17(23)24-5-26-19(14)30/h2,5-7,9-12,15-17,21,31H,1,3-4,23H2,(H,24,26)(H,33,34)(H,35,44)(H,25,27,32)/t9-,10+,11+,12+,15+,16+,17?,21+,43?/m0/s1. The highest BCUT2D eigenvalue weighted by Gasteiger charge is 2.51. The molecule has 10 atom stereocenters. The van der Waals surface area contributed by atoms with E-state index >= 15 is 0 Å². The summed E-state index contributed by atoms with van der Waals surface area (Å²) in [5.41, 5.74) is 5.49. The van der Waals surface area contributed by atoms with Crippen LogP contribution in [0.5, 0.6) is 0 Å². The number of aliphatic imine (C=N–C) groups is 1. The summed E-state index contributed by atoms with van der Waals surface area (Å²) in [5.74, 6) is -0.457. The Morgan fingerprint density at radius 1 is 1.11 bits per heavy atom. The minimum absolute atomic E-state index is 0.0135. The Bertz CT molecular complexity index is 1790. The molecule has 0 aromatic carbocycles. The molecule has 19 nitrogen and oxygen atoms in total. The first-order chi connectivity index (χ1) is 20.9. The number of rotatable bonds is 2. The number of halogens is 1. The summed E-state index contributed by atoms with van der Waals surface area (Å²) in [6.45, 7) is -5.40. The molecule has 3 aromatic rings. The SMILES string of the molecule is NC1N=CNc2c1ncn2[C@H]1C[C@@H]2OP(=O)(O)OC[C@H]3O[C@@H](n4cc(F)c5c(=O)[nH]cnc54)[C@H](OP(O)(=S)OC[C@H]2O1)[C@@H]3O. The number of imidazole rings is 1. The number of nitrogens with zero attached hydrogens (tertiary/aromatic N) is 5. The van der Waals surface area contributed by atoms with Gasteiger partial charge < -0.3 is 49.5 Å². The van der Waals surface area contributed by atoms with Gasteiger partial charge in [0.15, 0.2) is 17.7 Å². The number of nitrogens with two attached hydrogens (primary N) is 1. The quantitative estimate of drug-likeness (QED) is 0.193. The summed E-state index contributed by atoms with van der Waals surface area (Å²) in [6.07, 6.45) is -4.85. The van der Waals surface area contributed by atoms with Gasteiger partial charge in [0.05, 0.1) is 32.2 Å². The first-order valence-corrected chi connectivity index (χ1v) is 17.1. The normalized spacial score (nSPS) is 39.2. The molecule has 7 heterocycles. The maximum atomic E-state index is 14.8. The fourth-order valence-electron chi connectivity index (χ4n) is 5.50. The number of H-pyrrole nitrogens is 1. The molecule has 44 heavy (non-hydrogen) atoms. The number of aliphatic hydroxyl groups excluding tert-OH is 1. The maximum Gasteiger partial charge on any atom is 0.472 e. The molecular formula is C21H25FN8O11P2S. The average molecular weight is 678 g/mol. The van der Waals surface area contributed by atoms with E-state index in [0.717, 1.165) is 17.1 Å². The fraction of sp³-hybridized carbons (Fsp3) is 0.524. The van der Waals surface area contributed by atoms with Crippen LogP contribution < -0.4 is 16.6 Å². The Balaban J connectivity index is 1.18. The molecule has 0 spiro atoms. The third-order valence-corrected chi connectivity index (χ3v) is 10.1. The number of aromatic nitrogens is 5. The predicted octanol–water partition coefficient (Wildman–Crippen LogP) is -0.148. The van der Waals surface area contributed by atoms with Crippen LogP contribution in [0.15, 0.2) is 28.6 Å². The summed E-state index contributed by atoms with van der Waals surface area (Å²) < 4.78 is 64.3. The summed E-state index contributed by atoms with van der Waals surface area (Å²) in [7, 11) is -4.84. The van der Waals surface area contributed by atoms with Crippen molar-refractivity contribution < 1.29 is 51.4 Å². The molecule has 7 N–H and O–H groups in total. The van der Waals surface area contributed by atoms with Gasteiger partial charge in [0.1, 0.15) is 59.8 Å². The number of aromatic amines is 1. The lowest BCUT2D eigenvalue weighted by molar-refractivity contribution is -0.0635. The smallest absolute Gasteiger partial charge is 0.387 e. The Hall–Kier alpha value is -2.49. The van der Waals surface area contributed by atoms with Crippen LogP contribution in [-0.4, -0.2) is 89.1 Å². The van der Waals surface area contributed by atoms with Crippen molar-refractivity contribution >= 4 is 49.5 Å². The first-order valence-electron chi connectivity index (χ1n) is 13.1. The lowest BCUT2D eigenvalue weighted by Gasteiger charge is -2.27. The van der Waals surface area contributed by atoms with E-state index in [9.17, 15) is 28.6 Å². The average Bonchev–Trinajstić information content (AvgIpc) is 3.72. The second-order valence-corrected chi connectivity index (χ2v) is 14.4. The van der Waals surface area contributed by atoms with E-state index < -0.39 is 93.7 Å². The number of phosphoric ester groups is 1. The van der Waals surface area contributed by atoms with E-state index in [1.807, 2.05) is 0 Å². The molecule has 0 aliphatic carbocycles. The number of fused-ring (bicyclic) bond motifs is 5. The van der Waals surface area contributed by atoms with Crippen LogP contribution in [0, 0.1) is 5.82 Å². The van der Waals surface area contributed by atoms with Gasteiger partial charge in [0.2, 0.25) is 0 Å². The third kappa shape index (κ3) is 5.36. The van der Waals surface area contributed by atoms with Crippen molar-refractivity contribution in [2.45, 2.75) is 55.6 Å². The molecule has 7 rings (SSSR count). The lowest BCUT2D eigenvalue weighted by Crippen LogP contribution is -2.35. The van der Waals surface area contributed by atoms with Gasteiger partial charge in [-0.1, -0.05) is 0 Å². The van der Waals surface area contributed by atoms with Gasteiger partial charge in [0.25, 0.3) is 5.56 Å². The van der Waals surface area contributed by atoms with Crippen molar-refractivity contribution in [3.63, 3.8) is 0 Å². The molecule has 4 aliphatic rings. The second kappa shape index (κ2) is 11.1. The molecule has 3 fully saturated rings. The molecule has 3 aromatic heterocycles. The zero-order valence-corrected chi connectivity index (χ0v) is 24.8. The van der Waals surface area contributed by atoms with Crippen LogP contribution in [-0.2, 0) is 43.9 Å². The van der Waals surface area contributed by atoms with Crippen molar-refractivity contribution in [1.82, 2.24) is 24.1 Å². The van der Waals surface area contributed by atoms with Crippen LogP contribution in [0.2, 0.25) is 0 Å². The van der Waals surface area contributed by atoms with E-state index in [4.69, 9.17) is 45.1 Å². The third-order valence-electron chi connectivity index (χ3n) is 7.51. The monoisotopic (exact) mass is 678 g/mol. The van der Waals surface area contributed by atoms with Gasteiger partial charge in [0, 0.05) is 12.6 Å². The molecule has 2 bridgehead atoms. The summed E-state index contributed by atoms with van der Waals surface area (Å²) in [6, 6.07) is 0. The van der Waals surface area contributed by atoms with Gasteiger partial charge in [-0.05, 0) is 11.8 Å². The predicted molar refractivity (Wildman–Crippen MR) is 148 cm³/mol. The largest absolute Gasteiger partial charge is 0.472 e. The summed E-state index contributed by atoms with van der Waals surface area (Å²) in [5, 5.41) is 13.6. The van der Waals surface area contributed by atoms with Gasteiger partial charge >= 0.3 is 14.5 Å². The summed E-state index contributed by atoms with van der Waals surface area (Å²) in [4.78, 5) is 48.4. The lowest BCUT2D eigenvalue weighted by atomic mass is 10.1. The topological polar surface area (TPSA) is 252 Å². The van der Waals surface area contributed by atoms with Crippen LogP contribution >= 0.6 is 14.5 Å². The van der Waals surface area contributed by atoms with Crippen molar-refractivity contribution in [1.29, 1.82) is 0 Å². The van der Waals surface area contributed by atoms with E-state index in [2.05, 4.69) is 25.3 Å². The van der Waals surface area contributed by atoms with E-state index in [-0.39, 0.29) is 12.1 Å². The number of anilines is 1. The molecular weight excluding hydrogens is 653 g/mol. The Labute approximate surface area is 250 Å². The highest BCUT2D eigenvalue weighted by Crippen LogP contribution is 2.54. The number of aliphatic hydroxyl groups is 1. The molecule has 3 unspecified atom stereocenters. The first kappa shape index (κ1) is 30.2. The number of hydrogen-bond donors (Lipinski definition) is 6. The highest BCUT2D eigenvalue weighted by atomic mass is 32.5. The van der Waals surface area contributed by atoms with E-state index in [1.54, 1.807) is 4.57 Å². The number of ether oxygens (including phenoxy) is 2. The van der Waals surface area contributed by atoms with Crippen LogP contribution in [0.1, 0.15) is 30.7 Å². The maximum absolute atomic E-state index is 14.8.